The smallest absolute Gasteiger partial charge is 0.0654 e. The van der Waals surface area contributed by atoms with E-state index in [2.05, 4.69) is 40.1 Å². The highest BCUT2D eigenvalue weighted by Gasteiger charge is 2.31. The summed E-state index contributed by atoms with van der Waals surface area (Å²) in [5.41, 5.74) is 3.22. The SMILES string of the molecule is CCONC(C)(C(C)C)C(C)C. The first-order chi connectivity index (χ1) is 5.45. The van der Waals surface area contributed by atoms with E-state index in [9.17, 15) is 0 Å². The van der Waals surface area contributed by atoms with Crippen LogP contribution < -0.4 is 5.48 Å². The third-order valence-corrected chi connectivity index (χ3v) is 2.84. The Morgan fingerprint density at radius 1 is 1.17 bits per heavy atom. The van der Waals surface area contributed by atoms with Gasteiger partial charge in [0.1, 0.15) is 0 Å². The van der Waals surface area contributed by atoms with Gasteiger partial charge in [-0.1, -0.05) is 27.7 Å². The van der Waals surface area contributed by atoms with Gasteiger partial charge in [0.25, 0.3) is 0 Å². The third kappa shape index (κ3) is 2.76. The highest BCUT2D eigenvalue weighted by atomic mass is 16.6. The van der Waals surface area contributed by atoms with Gasteiger partial charge in [0.2, 0.25) is 0 Å². The molecule has 0 spiro atoms. The van der Waals surface area contributed by atoms with Crippen molar-refractivity contribution in [1.82, 2.24) is 5.48 Å². The molecule has 0 heterocycles. The van der Waals surface area contributed by atoms with E-state index in [1.807, 2.05) is 6.92 Å². The fourth-order valence-electron chi connectivity index (χ4n) is 1.13. The molecule has 0 atom stereocenters. The maximum Gasteiger partial charge on any atom is 0.0654 e. The van der Waals surface area contributed by atoms with Crippen LogP contribution in [-0.4, -0.2) is 12.1 Å². The third-order valence-electron chi connectivity index (χ3n) is 2.84. The fraction of sp³-hybridized carbons (Fsp3) is 1.00. The Morgan fingerprint density at radius 3 is 1.83 bits per heavy atom. The monoisotopic (exact) mass is 173 g/mol. The predicted octanol–water partition coefficient (Wildman–Crippen LogP) is 2.60. The summed E-state index contributed by atoms with van der Waals surface area (Å²) in [7, 11) is 0. The average molecular weight is 173 g/mol. The molecule has 0 aliphatic rings. The van der Waals surface area contributed by atoms with Gasteiger partial charge in [-0.3, -0.25) is 0 Å². The van der Waals surface area contributed by atoms with E-state index in [0.29, 0.717) is 11.8 Å². The Labute approximate surface area is 76.6 Å². The van der Waals surface area contributed by atoms with Crippen molar-refractivity contribution in [2.24, 2.45) is 11.8 Å². The van der Waals surface area contributed by atoms with Crippen LogP contribution in [0.5, 0.6) is 0 Å². The Morgan fingerprint density at radius 2 is 1.58 bits per heavy atom. The second-order valence-corrected chi connectivity index (χ2v) is 4.13. The van der Waals surface area contributed by atoms with E-state index in [1.54, 1.807) is 0 Å². The molecule has 0 radical (unpaired) electrons. The van der Waals surface area contributed by atoms with Gasteiger partial charge < -0.3 is 4.84 Å². The molecule has 0 saturated heterocycles. The van der Waals surface area contributed by atoms with E-state index >= 15 is 0 Å². The number of rotatable bonds is 5. The number of hydrogen-bond acceptors (Lipinski definition) is 2. The second-order valence-electron chi connectivity index (χ2n) is 4.13. The van der Waals surface area contributed by atoms with Gasteiger partial charge in [-0.25, -0.2) is 0 Å². The van der Waals surface area contributed by atoms with E-state index in [0.717, 1.165) is 6.61 Å². The van der Waals surface area contributed by atoms with E-state index in [1.165, 1.54) is 0 Å². The lowest BCUT2D eigenvalue weighted by molar-refractivity contribution is -0.0469. The Bertz CT molecular complexity index is 113. The Hall–Kier alpha value is -0.0800. The molecule has 0 fully saturated rings. The summed E-state index contributed by atoms with van der Waals surface area (Å²) in [5.74, 6) is 1.15. The van der Waals surface area contributed by atoms with Crippen LogP contribution in [0.15, 0.2) is 0 Å². The molecular formula is C10H23NO. The summed E-state index contributed by atoms with van der Waals surface area (Å²) in [4.78, 5) is 5.27. The predicted molar refractivity (Wildman–Crippen MR) is 52.8 cm³/mol. The van der Waals surface area contributed by atoms with Crippen LogP contribution in [0.2, 0.25) is 0 Å². The lowest BCUT2D eigenvalue weighted by Crippen LogP contribution is -2.51. The molecule has 0 aliphatic carbocycles. The van der Waals surface area contributed by atoms with Gasteiger partial charge in [0.15, 0.2) is 0 Å². The maximum absolute atomic E-state index is 5.27. The first kappa shape index (κ1) is 11.9. The molecule has 0 bridgehead atoms. The summed E-state index contributed by atoms with van der Waals surface area (Å²) < 4.78 is 0. The lowest BCUT2D eigenvalue weighted by atomic mass is 9.79. The molecule has 0 aromatic rings. The summed E-state index contributed by atoms with van der Waals surface area (Å²) in [6.07, 6.45) is 0. The largest absolute Gasteiger partial charge is 0.302 e. The van der Waals surface area contributed by atoms with E-state index < -0.39 is 0 Å². The van der Waals surface area contributed by atoms with Gasteiger partial charge in [-0.2, -0.15) is 5.48 Å². The minimum atomic E-state index is 0.0794. The highest BCUT2D eigenvalue weighted by Crippen LogP contribution is 2.25. The van der Waals surface area contributed by atoms with Crippen molar-refractivity contribution in [3.05, 3.63) is 0 Å². The number of nitrogens with one attached hydrogen (secondary N) is 1. The van der Waals surface area contributed by atoms with E-state index in [-0.39, 0.29) is 5.54 Å². The molecule has 0 amide bonds. The number of hydrogen-bond donors (Lipinski definition) is 1. The molecule has 0 aliphatic heterocycles. The van der Waals surface area contributed by atoms with Crippen LogP contribution in [-0.2, 0) is 4.84 Å². The molecule has 0 unspecified atom stereocenters. The van der Waals surface area contributed by atoms with Crippen molar-refractivity contribution >= 4 is 0 Å². The molecule has 2 heteroatoms. The molecular weight excluding hydrogens is 150 g/mol. The summed E-state index contributed by atoms with van der Waals surface area (Å²) in [6, 6.07) is 0. The molecule has 1 N–H and O–H groups in total. The fourth-order valence-corrected chi connectivity index (χ4v) is 1.13. The zero-order valence-corrected chi connectivity index (χ0v) is 9.27. The quantitative estimate of drug-likeness (QED) is 0.645. The number of hydroxylamine groups is 1. The molecule has 0 aromatic carbocycles. The van der Waals surface area contributed by atoms with Crippen LogP contribution in [0.1, 0.15) is 41.5 Å². The molecule has 0 rings (SSSR count). The molecule has 0 saturated carbocycles. The molecule has 2 nitrogen and oxygen atoms in total. The minimum Gasteiger partial charge on any atom is -0.302 e. The van der Waals surface area contributed by atoms with Crippen molar-refractivity contribution in [3.8, 4) is 0 Å². The minimum absolute atomic E-state index is 0.0794. The van der Waals surface area contributed by atoms with E-state index in [4.69, 9.17) is 4.84 Å². The first-order valence-electron chi connectivity index (χ1n) is 4.84. The molecule has 74 valence electrons. The molecule has 0 aromatic heterocycles. The zero-order valence-electron chi connectivity index (χ0n) is 9.27. The summed E-state index contributed by atoms with van der Waals surface area (Å²) >= 11 is 0. The van der Waals surface area contributed by atoms with Gasteiger partial charge >= 0.3 is 0 Å². The van der Waals surface area contributed by atoms with Crippen molar-refractivity contribution in [2.75, 3.05) is 6.61 Å². The standard InChI is InChI=1S/C10H23NO/c1-7-12-11-10(6,8(2)3)9(4)5/h8-9,11H,7H2,1-6H3. The Kier molecular flexibility index (Phi) is 4.80. The van der Waals surface area contributed by atoms with Crippen molar-refractivity contribution in [3.63, 3.8) is 0 Å². The van der Waals surface area contributed by atoms with Crippen LogP contribution in [0.4, 0.5) is 0 Å². The average Bonchev–Trinajstić information content (AvgIpc) is 1.99. The van der Waals surface area contributed by atoms with Gasteiger partial charge in [0, 0.05) is 5.54 Å². The zero-order chi connectivity index (χ0) is 9.78. The second kappa shape index (κ2) is 4.83. The molecule has 12 heavy (non-hydrogen) atoms. The van der Waals surface area contributed by atoms with Gasteiger partial charge in [-0.15, -0.1) is 0 Å². The summed E-state index contributed by atoms with van der Waals surface area (Å²) in [6.45, 7) is 13.8. The van der Waals surface area contributed by atoms with Gasteiger partial charge in [-0.05, 0) is 25.7 Å². The van der Waals surface area contributed by atoms with Crippen molar-refractivity contribution in [1.29, 1.82) is 0 Å². The normalized spacial score (nSPS) is 13.0. The lowest BCUT2D eigenvalue weighted by Gasteiger charge is -2.37. The first-order valence-corrected chi connectivity index (χ1v) is 4.84. The van der Waals surface area contributed by atoms with Crippen LogP contribution >= 0.6 is 0 Å². The highest BCUT2D eigenvalue weighted by molar-refractivity contribution is 4.86. The van der Waals surface area contributed by atoms with Crippen molar-refractivity contribution in [2.45, 2.75) is 47.1 Å². The van der Waals surface area contributed by atoms with Gasteiger partial charge in [0.05, 0.1) is 6.61 Å². The van der Waals surface area contributed by atoms with Crippen LogP contribution in [0.25, 0.3) is 0 Å². The van der Waals surface area contributed by atoms with Crippen LogP contribution in [0.3, 0.4) is 0 Å². The van der Waals surface area contributed by atoms with Crippen LogP contribution in [0, 0.1) is 11.8 Å². The maximum atomic E-state index is 5.27. The van der Waals surface area contributed by atoms with Crippen molar-refractivity contribution < 1.29 is 4.84 Å². The topological polar surface area (TPSA) is 21.3 Å². The Balaban J connectivity index is 4.19. The summed E-state index contributed by atoms with van der Waals surface area (Å²) in [5, 5.41) is 0.